The molecule has 0 amide bonds. The first-order valence-corrected chi connectivity index (χ1v) is 6.83. The molecule has 0 saturated heterocycles. The zero-order valence-corrected chi connectivity index (χ0v) is 12.4. The lowest BCUT2D eigenvalue weighted by Crippen LogP contribution is -2.14. The van der Waals surface area contributed by atoms with E-state index < -0.39 is 0 Å². The minimum absolute atomic E-state index is 0.649. The minimum atomic E-state index is 0.649. The van der Waals surface area contributed by atoms with Gasteiger partial charge in [0, 0.05) is 12.7 Å². The number of rotatable bonds is 5. The molecular formula is C17H22N2O. The summed E-state index contributed by atoms with van der Waals surface area (Å²) in [5.74, 6) is 0.870. The predicted molar refractivity (Wildman–Crippen MR) is 85.0 cm³/mol. The van der Waals surface area contributed by atoms with Crippen molar-refractivity contribution in [3.63, 3.8) is 0 Å². The molecule has 0 saturated carbocycles. The first kappa shape index (κ1) is 14.4. The van der Waals surface area contributed by atoms with Gasteiger partial charge in [-0.1, -0.05) is 29.8 Å². The molecule has 20 heavy (non-hydrogen) atoms. The van der Waals surface area contributed by atoms with Crippen LogP contribution in [0.15, 0.2) is 42.5 Å². The van der Waals surface area contributed by atoms with Gasteiger partial charge in [-0.3, -0.25) is 0 Å². The SMILES string of the molecule is COc1ccccc1N(C)c1ccc(C)cc1CCN. The molecule has 0 aliphatic heterocycles. The summed E-state index contributed by atoms with van der Waals surface area (Å²) in [6.07, 6.45) is 0.872. The number of anilines is 2. The molecule has 0 aliphatic rings. The van der Waals surface area contributed by atoms with Crippen LogP contribution in [0.4, 0.5) is 11.4 Å². The van der Waals surface area contributed by atoms with E-state index in [2.05, 4.69) is 43.1 Å². The number of hydrogen-bond acceptors (Lipinski definition) is 3. The summed E-state index contributed by atoms with van der Waals surface area (Å²) in [6.45, 7) is 2.75. The smallest absolute Gasteiger partial charge is 0.142 e. The highest BCUT2D eigenvalue weighted by molar-refractivity contribution is 5.71. The molecule has 0 heterocycles. The number of para-hydroxylation sites is 2. The number of nitrogens with zero attached hydrogens (tertiary/aromatic N) is 1. The van der Waals surface area contributed by atoms with E-state index in [1.54, 1.807) is 7.11 Å². The highest BCUT2D eigenvalue weighted by atomic mass is 16.5. The third-order valence-corrected chi connectivity index (χ3v) is 3.46. The lowest BCUT2D eigenvalue weighted by atomic mass is 10.0. The molecule has 3 nitrogen and oxygen atoms in total. The second-order valence-electron chi connectivity index (χ2n) is 4.90. The number of aryl methyl sites for hydroxylation is 1. The lowest BCUT2D eigenvalue weighted by Gasteiger charge is -2.24. The normalized spacial score (nSPS) is 10.4. The second-order valence-corrected chi connectivity index (χ2v) is 4.90. The molecular weight excluding hydrogens is 248 g/mol. The maximum Gasteiger partial charge on any atom is 0.142 e. The summed E-state index contributed by atoms with van der Waals surface area (Å²) in [4.78, 5) is 2.16. The molecule has 0 spiro atoms. The van der Waals surface area contributed by atoms with Gasteiger partial charge in [-0.05, 0) is 43.7 Å². The average Bonchev–Trinajstić information content (AvgIpc) is 2.47. The van der Waals surface area contributed by atoms with Gasteiger partial charge in [0.25, 0.3) is 0 Å². The van der Waals surface area contributed by atoms with Crippen LogP contribution < -0.4 is 15.4 Å². The van der Waals surface area contributed by atoms with Gasteiger partial charge in [-0.2, -0.15) is 0 Å². The Kier molecular flexibility index (Phi) is 4.64. The fourth-order valence-corrected chi connectivity index (χ4v) is 2.43. The van der Waals surface area contributed by atoms with E-state index in [9.17, 15) is 0 Å². The van der Waals surface area contributed by atoms with Crippen LogP contribution in [0.1, 0.15) is 11.1 Å². The van der Waals surface area contributed by atoms with Crippen molar-refractivity contribution in [1.29, 1.82) is 0 Å². The van der Waals surface area contributed by atoms with Crippen molar-refractivity contribution in [3.8, 4) is 5.75 Å². The standard InChI is InChI=1S/C17H22N2O/c1-13-8-9-15(14(12-13)10-11-18)19(2)16-6-4-5-7-17(16)20-3/h4-9,12H,10-11,18H2,1-3H3. The van der Waals surface area contributed by atoms with Gasteiger partial charge in [0.1, 0.15) is 5.75 Å². The van der Waals surface area contributed by atoms with E-state index in [0.717, 1.165) is 17.9 Å². The zero-order chi connectivity index (χ0) is 14.5. The van der Waals surface area contributed by atoms with Crippen molar-refractivity contribution in [2.45, 2.75) is 13.3 Å². The topological polar surface area (TPSA) is 38.5 Å². The Morgan fingerprint density at radius 2 is 1.85 bits per heavy atom. The summed E-state index contributed by atoms with van der Waals surface area (Å²) in [6, 6.07) is 14.5. The summed E-state index contributed by atoms with van der Waals surface area (Å²) >= 11 is 0. The van der Waals surface area contributed by atoms with E-state index in [0.29, 0.717) is 6.54 Å². The minimum Gasteiger partial charge on any atom is -0.495 e. The molecule has 2 rings (SSSR count). The molecule has 0 bridgehead atoms. The van der Waals surface area contributed by atoms with Crippen LogP contribution in [0.2, 0.25) is 0 Å². The highest BCUT2D eigenvalue weighted by Gasteiger charge is 2.12. The van der Waals surface area contributed by atoms with Gasteiger partial charge in [-0.15, -0.1) is 0 Å². The van der Waals surface area contributed by atoms with E-state index in [-0.39, 0.29) is 0 Å². The highest BCUT2D eigenvalue weighted by Crippen LogP contribution is 2.34. The predicted octanol–water partition coefficient (Wildman–Crippen LogP) is 3.27. The van der Waals surface area contributed by atoms with Crippen molar-refractivity contribution in [1.82, 2.24) is 0 Å². The van der Waals surface area contributed by atoms with Crippen LogP contribution in [-0.4, -0.2) is 20.7 Å². The largest absolute Gasteiger partial charge is 0.495 e. The average molecular weight is 270 g/mol. The Balaban J connectivity index is 2.44. The first-order valence-electron chi connectivity index (χ1n) is 6.83. The Bertz CT molecular complexity index is 581. The second kappa shape index (κ2) is 6.44. The van der Waals surface area contributed by atoms with Crippen LogP contribution >= 0.6 is 0 Å². The fourth-order valence-electron chi connectivity index (χ4n) is 2.43. The Morgan fingerprint density at radius 3 is 2.55 bits per heavy atom. The summed E-state index contributed by atoms with van der Waals surface area (Å²) in [7, 11) is 3.76. The first-order chi connectivity index (χ1) is 9.67. The summed E-state index contributed by atoms with van der Waals surface area (Å²) in [5.41, 5.74) is 10.5. The van der Waals surface area contributed by atoms with Gasteiger partial charge in [0.15, 0.2) is 0 Å². The van der Waals surface area contributed by atoms with Crippen molar-refractivity contribution >= 4 is 11.4 Å². The van der Waals surface area contributed by atoms with Gasteiger partial charge in [0.2, 0.25) is 0 Å². The summed E-state index contributed by atoms with van der Waals surface area (Å²) in [5, 5.41) is 0. The Labute approximate surface area is 121 Å². The molecule has 0 atom stereocenters. The van der Waals surface area contributed by atoms with E-state index in [4.69, 9.17) is 10.5 Å². The molecule has 106 valence electrons. The van der Waals surface area contributed by atoms with Gasteiger partial charge in [0.05, 0.1) is 12.8 Å². The number of methoxy groups -OCH3 is 1. The molecule has 2 N–H and O–H groups in total. The molecule has 3 heteroatoms. The van der Waals surface area contributed by atoms with Crippen molar-refractivity contribution in [3.05, 3.63) is 53.6 Å². The third kappa shape index (κ3) is 2.94. The van der Waals surface area contributed by atoms with Gasteiger partial charge >= 0.3 is 0 Å². The van der Waals surface area contributed by atoms with Crippen LogP contribution in [0.3, 0.4) is 0 Å². The molecule has 0 radical (unpaired) electrons. The van der Waals surface area contributed by atoms with Crippen LogP contribution in [0, 0.1) is 6.92 Å². The fraction of sp³-hybridized carbons (Fsp3) is 0.294. The zero-order valence-electron chi connectivity index (χ0n) is 12.4. The van der Waals surface area contributed by atoms with E-state index in [1.165, 1.54) is 16.8 Å². The number of benzene rings is 2. The number of hydrogen-bond donors (Lipinski definition) is 1. The maximum atomic E-state index is 5.73. The quantitative estimate of drug-likeness (QED) is 0.906. The molecule has 0 fully saturated rings. The van der Waals surface area contributed by atoms with E-state index >= 15 is 0 Å². The molecule has 0 unspecified atom stereocenters. The lowest BCUT2D eigenvalue weighted by molar-refractivity contribution is 0.415. The van der Waals surface area contributed by atoms with Crippen LogP contribution in [-0.2, 0) is 6.42 Å². The number of nitrogens with two attached hydrogens (primary N) is 1. The summed E-state index contributed by atoms with van der Waals surface area (Å²) < 4.78 is 5.45. The van der Waals surface area contributed by atoms with Crippen molar-refractivity contribution in [2.24, 2.45) is 5.73 Å². The van der Waals surface area contributed by atoms with Gasteiger partial charge < -0.3 is 15.4 Å². The van der Waals surface area contributed by atoms with Crippen LogP contribution in [0.5, 0.6) is 5.75 Å². The molecule has 2 aromatic rings. The molecule has 0 aliphatic carbocycles. The third-order valence-electron chi connectivity index (χ3n) is 3.46. The van der Waals surface area contributed by atoms with Crippen LogP contribution in [0.25, 0.3) is 0 Å². The molecule has 0 aromatic heterocycles. The molecule has 2 aromatic carbocycles. The van der Waals surface area contributed by atoms with Crippen molar-refractivity contribution < 1.29 is 4.74 Å². The Hall–Kier alpha value is -2.00. The maximum absolute atomic E-state index is 5.73. The Morgan fingerprint density at radius 1 is 1.10 bits per heavy atom. The monoisotopic (exact) mass is 270 g/mol. The van der Waals surface area contributed by atoms with Crippen molar-refractivity contribution in [2.75, 3.05) is 25.6 Å². The van der Waals surface area contributed by atoms with E-state index in [1.807, 2.05) is 18.2 Å². The number of ether oxygens (including phenoxy) is 1. The van der Waals surface area contributed by atoms with Gasteiger partial charge in [-0.25, -0.2) is 0 Å².